The number of hydrogen-bond acceptors (Lipinski definition) is 4. The van der Waals surface area contributed by atoms with Crippen LogP contribution in [0.1, 0.15) is 48.7 Å². The molecule has 3 aromatic rings. The highest BCUT2D eigenvalue weighted by Crippen LogP contribution is 2.35. The summed E-state index contributed by atoms with van der Waals surface area (Å²) in [6, 6.07) is 12.2. The lowest BCUT2D eigenvalue weighted by molar-refractivity contribution is -0.140. The van der Waals surface area contributed by atoms with E-state index in [9.17, 15) is 22.8 Å². The number of carbonyl (C=O) groups is 2. The zero-order valence-electron chi connectivity index (χ0n) is 18.9. The highest BCUT2D eigenvalue weighted by molar-refractivity contribution is 6.31. The van der Waals surface area contributed by atoms with Crippen LogP contribution in [-0.2, 0) is 11.0 Å². The summed E-state index contributed by atoms with van der Waals surface area (Å²) in [6.45, 7) is 1.41. The highest BCUT2D eigenvalue weighted by atomic mass is 35.5. The van der Waals surface area contributed by atoms with Crippen LogP contribution in [0.3, 0.4) is 0 Å². The van der Waals surface area contributed by atoms with Gasteiger partial charge in [0.1, 0.15) is 5.69 Å². The lowest BCUT2D eigenvalue weighted by Crippen LogP contribution is -2.40. The number of nitrogens with zero attached hydrogens (tertiary/aromatic N) is 1. The van der Waals surface area contributed by atoms with Crippen molar-refractivity contribution >= 4 is 45.7 Å². The molecular weight excluding hydrogens is 481 g/mol. The molecule has 1 saturated carbocycles. The molecule has 0 atom stereocenters. The highest BCUT2D eigenvalue weighted by Gasteiger charge is 2.34. The Morgan fingerprint density at radius 3 is 2.26 bits per heavy atom. The molecular formula is C25H24ClF3N4O2. The van der Waals surface area contributed by atoms with E-state index in [0.717, 1.165) is 6.07 Å². The second kappa shape index (κ2) is 10.1. The van der Waals surface area contributed by atoms with E-state index < -0.39 is 11.9 Å². The lowest BCUT2D eigenvalue weighted by atomic mass is 9.90. The maximum atomic E-state index is 13.4. The molecule has 10 heteroatoms. The number of hydrogen-bond donors (Lipinski definition) is 3. The number of fused-ring (bicyclic) bond motifs is 1. The number of amides is 2. The maximum absolute atomic E-state index is 13.4. The number of rotatable bonds is 5. The molecule has 1 aliphatic carbocycles. The van der Waals surface area contributed by atoms with Gasteiger partial charge in [0.25, 0.3) is 5.91 Å². The molecule has 0 spiro atoms. The first-order valence-electron chi connectivity index (χ1n) is 11.2. The van der Waals surface area contributed by atoms with Crippen molar-refractivity contribution in [3.8, 4) is 0 Å². The van der Waals surface area contributed by atoms with Gasteiger partial charge in [-0.1, -0.05) is 11.6 Å². The van der Waals surface area contributed by atoms with Crippen molar-refractivity contribution in [3.05, 3.63) is 64.8 Å². The van der Waals surface area contributed by atoms with Gasteiger partial charge in [-0.2, -0.15) is 13.2 Å². The van der Waals surface area contributed by atoms with Crippen molar-refractivity contribution in [1.29, 1.82) is 0 Å². The van der Waals surface area contributed by atoms with E-state index >= 15 is 0 Å². The summed E-state index contributed by atoms with van der Waals surface area (Å²) in [5.74, 6) is -0.398. The molecule has 1 fully saturated rings. The summed E-state index contributed by atoms with van der Waals surface area (Å²) in [5, 5.41) is 9.86. The lowest BCUT2D eigenvalue weighted by Gasteiger charge is -2.30. The molecule has 4 rings (SSSR count). The number of carbonyl (C=O) groups excluding carboxylic acids is 2. The van der Waals surface area contributed by atoms with Gasteiger partial charge in [0.2, 0.25) is 5.91 Å². The molecule has 2 amide bonds. The van der Waals surface area contributed by atoms with Gasteiger partial charge in [0, 0.05) is 46.4 Å². The minimum Gasteiger partial charge on any atom is -0.382 e. The monoisotopic (exact) mass is 504 g/mol. The average molecular weight is 505 g/mol. The summed E-state index contributed by atoms with van der Waals surface area (Å²) in [5.41, 5.74) is 0.701. The van der Waals surface area contributed by atoms with Crippen molar-refractivity contribution in [3.63, 3.8) is 0 Å². The minimum atomic E-state index is -4.56. The molecule has 1 aromatic heterocycles. The fourth-order valence-corrected chi connectivity index (χ4v) is 4.41. The zero-order valence-corrected chi connectivity index (χ0v) is 19.6. The van der Waals surface area contributed by atoms with Gasteiger partial charge in [-0.25, -0.2) is 4.98 Å². The van der Waals surface area contributed by atoms with E-state index in [4.69, 9.17) is 11.6 Å². The molecule has 1 heterocycles. The second-order valence-corrected chi connectivity index (χ2v) is 9.08. The standard InChI is InChI=1S/C25H24ClF3N4O2/c1-14(34)30-17-5-2-15(3-6-17)24(35)32-19-9-7-18(8-10-19)31-22-13-23(25(27,28)29)33-21-11-4-16(26)12-20(21)22/h2-6,11-13,18-19H,7-10H2,1H3,(H,30,34)(H,31,33)(H,32,35)/t18-,19+. The van der Waals surface area contributed by atoms with E-state index in [2.05, 4.69) is 20.9 Å². The fraction of sp³-hybridized carbons (Fsp3) is 0.320. The summed E-state index contributed by atoms with van der Waals surface area (Å²) in [7, 11) is 0. The van der Waals surface area contributed by atoms with Crippen molar-refractivity contribution < 1.29 is 22.8 Å². The molecule has 2 aromatic carbocycles. The second-order valence-electron chi connectivity index (χ2n) is 8.64. The molecule has 0 bridgehead atoms. The first-order valence-corrected chi connectivity index (χ1v) is 11.6. The number of pyridine rings is 1. The Morgan fingerprint density at radius 2 is 1.63 bits per heavy atom. The van der Waals surface area contributed by atoms with E-state index in [-0.39, 0.29) is 29.4 Å². The van der Waals surface area contributed by atoms with Crippen LogP contribution in [0.25, 0.3) is 10.9 Å². The SMILES string of the molecule is CC(=O)Nc1ccc(C(=O)N[C@H]2CC[C@@H](Nc3cc(C(F)(F)F)nc4ccc(Cl)cc34)CC2)cc1. The Balaban J connectivity index is 1.39. The zero-order chi connectivity index (χ0) is 25.2. The van der Waals surface area contributed by atoms with Gasteiger partial charge in [-0.15, -0.1) is 0 Å². The molecule has 6 nitrogen and oxygen atoms in total. The summed E-state index contributed by atoms with van der Waals surface area (Å²) < 4.78 is 40.1. The number of aromatic nitrogens is 1. The summed E-state index contributed by atoms with van der Waals surface area (Å²) in [6.07, 6.45) is -1.84. The largest absolute Gasteiger partial charge is 0.433 e. The molecule has 0 saturated heterocycles. The van der Waals surface area contributed by atoms with Crippen LogP contribution < -0.4 is 16.0 Å². The van der Waals surface area contributed by atoms with E-state index in [1.807, 2.05) is 0 Å². The average Bonchev–Trinajstić information content (AvgIpc) is 2.80. The van der Waals surface area contributed by atoms with Crippen LogP contribution in [0.5, 0.6) is 0 Å². The van der Waals surface area contributed by atoms with Crippen molar-refractivity contribution in [1.82, 2.24) is 10.3 Å². The fourth-order valence-electron chi connectivity index (χ4n) is 4.24. The molecule has 0 unspecified atom stereocenters. The topological polar surface area (TPSA) is 83.1 Å². The smallest absolute Gasteiger partial charge is 0.382 e. The van der Waals surface area contributed by atoms with Gasteiger partial charge in [-0.05, 0) is 74.2 Å². The Bertz CT molecular complexity index is 1240. The number of anilines is 2. The van der Waals surface area contributed by atoms with Crippen molar-refractivity contribution in [2.24, 2.45) is 0 Å². The molecule has 1 aliphatic rings. The third kappa shape index (κ3) is 6.22. The Morgan fingerprint density at radius 1 is 0.971 bits per heavy atom. The predicted octanol–water partition coefficient (Wildman–Crippen LogP) is 6.02. The molecule has 0 radical (unpaired) electrons. The van der Waals surface area contributed by atoms with Gasteiger partial charge in [-0.3, -0.25) is 9.59 Å². The van der Waals surface area contributed by atoms with Crippen LogP contribution in [0, 0.1) is 0 Å². The van der Waals surface area contributed by atoms with Crippen LogP contribution in [0.15, 0.2) is 48.5 Å². The van der Waals surface area contributed by atoms with Crippen molar-refractivity contribution in [2.45, 2.75) is 50.9 Å². The van der Waals surface area contributed by atoms with Gasteiger partial charge < -0.3 is 16.0 Å². The van der Waals surface area contributed by atoms with Crippen LogP contribution in [-0.4, -0.2) is 28.9 Å². The molecule has 35 heavy (non-hydrogen) atoms. The van der Waals surface area contributed by atoms with E-state index in [0.29, 0.717) is 53.0 Å². The predicted molar refractivity (Wildman–Crippen MR) is 130 cm³/mol. The normalized spacial score (nSPS) is 18.2. The first kappa shape index (κ1) is 24.8. The molecule has 0 aliphatic heterocycles. The van der Waals surface area contributed by atoms with Crippen LogP contribution >= 0.6 is 11.6 Å². The summed E-state index contributed by atoms with van der Waals surface area (Å²) in [4.78, 5) is 27.5. The van der Waals surface area contributed by atoms with Crippen LogP contribution in [0.4, 0.5) is 24.5 Å². The van der Waals surface area contributed by atoms with Gasteiger partial charge in [0.05, 0.1) is 5.52 Å². The minimum absolute atomic E-state index is 0.0371. The molecule has 184 valence electrons. The third-order valence-electron chi connectivity index (χ3n) is 5.95. The van der Waals surface area contributed by atoms with E-state index in [1.165, 1.54) is 19.1 Å². The number of alkyl halides is 3. The van der Waals surface area contributed by atoms with E-state index in [1.54, 1.807) is 30.3 Å². The molecule has 3 N–H and O–H groups in total. The Kier molecular flexibility index (Phi) is 7.16. The maximum Gasteiger partial charge on any atom is 0.433 e. The van der Waals surface area contributed by atoms with Crippen LogP contribution in [0.2, 0.25) is 5.02 Å². The third-order valence-corrected chi connectivity index (χ3v) is 6.19. The number of halogens is 4. The number of nitrogens with one attached hydrogen (secondary N) is 3. The van der Waals surface area contributed by atoms with Gasteiger partial charge >= 0.3 is 6.18 Å². The van der Waals surface area contributed by atoms with Gasteiger partial charge in [0.15, 0.2) is 0 Å². The quantitative estimate of drug-likeness (QED) is 0.397. The summed E-state index contributed by atoms with van der Waals surface area (Å²) >= 11 is 6.08. The first-order chi connectivity index (χ1) is 16.6. The Labute approximate surface area is 205 Å². The Hall–Kier alpha value is -3.33. The van der Waals surface area contributed by atoms with Crippen molar-refractivity contribution in [2.75, 3.05) is 10.6 Å². The number of benzene rings is 2.